The third-order valence-corrected chi connectivity index (χ3v) is 4.13. The number of aliphatic hydroxyl groups excluding tert-OH is 2. The van der Waals surface area contributed by atoms with E-state index >= 15 is 0 Å². The van der Waals surface area contributed by atoms with E-state index in [1.165, 1.54) is 0 Å². The molecule has 0 radical (unpaired) electrons. The molecule has 3 unspecified atom stereocenters. The topological polar surface area (TPSA) is 84.8 Å². The van der Waals surface area contributed by atoms with Gasteiger partial charge in [-0.2, -0.15) is 0 Å². The van der Waals surface area contributed by atoms with Crippen LogP contribution in [0.4, 0.5) is 0 Å². The molecule has 0 aliphatic rings. The van der Waals surface area contributed by atoms with Gasteiger partial charge in [0, 0.05) is 6.04 Å². The quantitative estimate of drug-likeness (QED) is 0.332. The number of aliphatic hydroxyl groups is 3. The van der Waals surface area contributed by atoms with E-state index in [-0.39, 0.29) is 12.6 Å². The SMILES string of the molecule is CCCCC(NC(C)C(O)O)C(CO)(CCC)NCCC. The molecule has 21 heavy (non-hydrogen) atoms. The fourth-order valence-electron chi connectivity index (χ4n) is 2.78. The highest BCUT2D eigenvalue weighted by molar-refractivity contribution is 4.99. The van der Waals surface area contributed by atoms with Gasteiger partial charge in [0.1, 0.15) is 0 Å². The average molecular weight is 304 g/mol. The maximum atomic E-state index is 10.0. The van der Waals surface area contributed by atoms with Crippen molar-refractivity contribution in [2.24, 2.45) is 0 Å². The Bertz CT molecular complexity index is 252. The monoisotopic (exact) mass is 304 g/mol. The molecule has 0 fully saturated rings. The van der Waals surface area contributed by atoms with Gasteiger partial charge >= 0.3 is 0 Å². The summed E-state index contributed by atoms with van der Waals surface area (Å²) >= 11 is 0. The van der Waals surface area contributed by atoms with Crippen molar-refractivity contribution in [3.8, 4) is 0 Å². The van der Waals surface area contributed by atoms with Crippen LogP contribution in [0.3, 0.4) is 0 Å². The second kappa shape index (κ2) is 11.4. The minimum atomic E-state index is -1.39. The van der Waals surface area contributed by atoms with Crippen molar-refractivity contribution in [1.82, 2.24) is 10.6 Å². The molecular weight excluding hydrogens is 268 g/mol. The highest BCUT2D eigenvalue weighted by Crippen LogP contribution is 2.23. The number of rotatable bonds is 13. The molecule has 0 heterocycles. The van der Waals surface area contributed by atoms with E-state index in [9.17, 15) is 15.3 Å². The number of hydrogen-bond acceptors (Lipinski definition) is 5. The summed E-state index contributed by atoms with van der Waals surface area (Å²) in [5.41, 5.74) is -0.400. The molecule has 0 bridgehead atoms. The first kappa shape index (κ1) is 20.8. The van der Waals surface area contributed by atoms with E-state index < -0.39 is 17.9 Å². The van der Waals surface area contributed by atoms with Crippen LogP contribution in [0.1, 0.15) is 66.2 Å². The van der Waals surface area contributed by atoms with Crippen molar-refractivity contribution >= 4 is 0 Å². The lowest BCUT2D eigenvalue weighted by molar-refractivity contribution is -0.0689. The van der Waals surface area contributed by atoms with E-state index in [2.05, 4.69) is 31.4 Å². The van der Waals surface area contributed by atoms with Crippen LogP contribution in [0.25, 0.3) is 0 Å². The molecule has 0 aromatic heterocycles. The average Bonchev–Trinajstić information content (AvgIpc) is 2.47. The van der Waals surface area contributed by atoms with Crippen molar-refractivity contribution in [3.63, 3.8) is 0 Å². The first-order valence-corrected chi connectivity index (χ1v) is 8.45. The van der Waals surface area contributed by atoms with Crippen molar-refractivity contribution < 1.29 is 15.3 Å². The highest BCUT2D eigenvalue weighted by atomic mass is 16.5. The van der Waals surface area contributed by atoms with E-state index in [4.69, 9.17) is 0 Å². The molecular formula is C16H36N2O3. The van der Waals surface area contributed by atoms with Crippen molar-refractivity contribution in [3.05, 3.63) is 0 Å². The fraction of sp³-hybridized carbons (Fsp3) is 1.00. The maximum Gasteiger partial charge on any atom is 0.166 e. The van der Waals surface area contributed by atoms with Gasteiger partial charge in [-0.15, -0.1) is 0 Å². The molecule has 0 saturated carbocycles. The molecule has 5 N–H and O–H groups in total. The standard InChI is InChI=1S/C16H36N2O3/c1-5-8-9-14(18-13(4)15(20)21)16(12-19,10-6-2)17-11-7-3/h13-15,17-21H,5-12H2,1-4H3. The van der Waals surface area contributed by atoms with Crippen LogP contribution in [0.5, 0.6) is 0 Å². The molecule has 0 saturated heterocycles. The molecule has 5 nitrogen and oxygen atoms in total. The zero-order valence-electron chi connectivity index (χ0n) is 14.2. The van der Waals surface area contributed by atoms with Gasteiger partial charge in [-0.1, -0.05) is 40.0 Å². The Morgan fingerprint density at radius 3 is 2.14 bits per heavy atom. The molecule has 0 spiro atoms. The first-order chi connectivity index (χ1) is 9.97. The summed E-state index contributed by atoms with van der Waals surface area (Å²) in [6.45, 7) is 9.02. The lowest BCUT2D eigenvalue weighted by Crippen LogP contribution is -2.64. The Morgan fingerprint density at radius 2 is 1.71 bits per heavy atom. The van der Waals surface area contributed by atoms with Crippen molar-refractivity contribution in [2.45, 2.75) is 90.1 Å². The van der Waals surface area contributed by atoms with Gasteiger partial charge in [0.25, 0.3) is 0 Å². The minimum absolute atomic E-state index is 0.0192. The summed E-state index contributed by atoms with van der Waals surface area (Å²) in [4.78, 5) is 0. The number of hydrogen-bond donors (Lipinski definition) is 5. The summed E-state index contributed by atoms with van der Waals surface area (Å²) in [7, 11) is 0. The zero-order valence-corrected chi connectivity index (χ0v) is 14.2. The summed E-state index contributed by atoms with van der Waals surface area (Å²) < 4.78 is 0. The van der Waals surface area contributed by atoms with Crippen LogP contribution in [0.2, 0.25) is 0 Å². The van der Waals surface area contributed by atoms with Crippen LogP contribution in [0, 0.1) is 0 Å². The molecule has 0 aliphatic carbocycles. The molecule has 0 aromatic carbocycles. The van der Waals surface area contributed by atoms with Gasteiger partial charge in [0.15, 0.2) is 6.29 Å². The predicted octanol–water partition coefficient (Wildman–Crippen LogP) is 1.36. The number of nitrogens with one attached hydrogen (secondary N) is 2. The summed E-state index contributed by atoms with van der Waals surface area (Å²) in [6.07, 6.45) is 4.48. The molecule has 3 atom stereocenters. The third kappa shape index (κ3) is 7.06. The first-order valence-electron chi connectivity index (χ1n) is 8.45. The summed E-state index contributed by atoms with van der Waals surface area (Å²) in [6, 6.07) is -0.399. The van der Waals surface area contributed by atoms with Gasteiger partial charge in [0.2, 0.25) is 0 Å². The Kier molecular flexibility index (Phi) is 11.3. The summed E-state index contributed by atoms with van der Waals surface area (Å²) in [5, 5.41) is 35.6. The normalized spacial score (nSPS) is 17.7. The van der Waals surface area contributed by atoms with Crippen molar-refractivity contribution in [1.29, 1.82) is 0 Å². The Balaban J connectivity index is 5.11. The largest absolute Gasteiger partial charge is 0.394 e. The molecule has 128 valence electrons. The predicted molar refractivity (Wildman–Crippen MR) is 87.2 cm³/mol. The summed E-state index contributed by atoms with van der Waals surface area (Å²) in [5.74, 6) is 0. The van der Waals surface area contributed by atoms with Crippen LogP contribution in [-0.2, 0) is 0 Å². The van der Waals surface area contributed by atoms with Gasteiger partial charge in [-0.3, -0.25) is 0 Å². The van der Waals surface area contributed by atoms with Gasteiger partial charge in [-0.25, -0.2) is 0 Å². The molecule has 0 aromatic rings. The van der Waals surface area contributed by atoms with Crippen LogP contribution >= 0.6 is 0 Å². The van der Waals surface area contributed by atoms with E-state index in [0.29, 0.717) is 0 Å². The molecule has 0 rings (SSSR count). The highest BCUT2D eigenvalue weighted by Gasteiger charge is 2.37. The zero-order chi connectivity index (χ0) is 16.3. The van der Waals surface area contributed by atoms with Crippen LogP contribution < -0.4 is 10.6 Å². The lowest BCUT2D eigenvalue weighted by atomic mass is 9.82. The van der Waals surface area contributed by atoms with Gasteiger partial charge in [0.05, 0.1) is 18.2 Å². The van der Waals surface area contributed by atoms with Gasteiger partial charge < -0.3 is 26.0 Å². The lowest BCUT2D eigenvalue weighted by Gasteiger charge is -2.42. The second-order valence-electron chi connectivity index (χ2n) is 6.05. The fourth-order valence-corrected chi connectivity index (χ4v) is 2.78. The van der Waals surface area contributed by atoms with Crippen LogP contribution in [0.15, 0.2) is 0 Å². The minimum Gasteiger partial charge on any atom is -0.394 e. The Morgan fingerprint density at radius 1 is 1.05 bits per heavy atom. The second-order valence-corrected chi connectivity index (χ2v) is 6.05. The molecule has 0 amide bonds. The number of unbranched alkanes of at least 4 members (excludes halogenated alkanes) is 1. The van der Waals surface area contributed by atoms with E-state index in [1.807, 2.05) is 0 Å². The Hall–Kier alpha value is -0.200. The van der Waals surface area contributed by atoms with E-state index in [1.54, 1.807) is 6.92 Å². The Labute approximate surface area is 130 Å². The van der Waals surface area contributed by atoms with Crippen molar-refractivity contribution in [2.75, 3.05) is 13.2 Å². The smallest absolute Gasteiger partial charge is 0.166 e. The van der Waals surface area contributed by atoms with Gasteiger partial charge in [-0.05, 0) is 32.7 Å². The third-order valence-electron chi connectivity index (χ3n) is 4.13. The van der Waals surface area contributed by atoms with E-state index in [0.717, 1.165) is 45.1 Å². The molecule has 5 heteroatoms. The molecule has 0 aliphatic heterocycles. The van der Waals surface area contributed by atoms with Crippen LogP contribution in [-0.4, -0.2) is 52.4 Å². The maximum absolute atomic E-state index is 10.0.